The Bertz CT molecular complexity index is 739. The standard InChI is InChI=1S/C18H22BrN3O2/c1-11-7-16(18(24)21-9-13-8-20-10-17(13)23)12(2)22(11)15-5-3-14(19)4-6-15/h3-7,13,17,20,23H,8-10H2,1-2H3,(H,21,24). The number of rotatable bonds is 4. The highest BCUT2D eigenvalue weighted by atomic mass is 79.9. The van der Waals surface area contributed by atoms with E-state index in [-0.39, 0.29) is 17.9 Å². The van der Waals surface area contributed by atoms with Gasteiger partial charge in [-0.2, -0.15) is 0 Å². The fourth-order valence-corrected chi connectivity index (χ4v) is 3.49. The van der Waals surface area contributed by atoms with Crippen molar-refractivity contribution in [2.24, 2.45) is 5.92 Å². The number of aryl methyl sites for hydroxylation is 1. The molecule has 0 radical (unpaired) electrons. The van der Waals surface area contributed by atoms with E-state index < -0.39 is 0 Å². The lowest BCUT2D eigenvalue weighted by atomic mass is 10.1. The summed E-state index contributed by atoms with van der Waals surface area (Å²) in [6.07, 6.45) is -0.388. The monoisotopic (exact) mass is 391 g/mol. The number of aromatic nitrogens is 1. The minimum absolute atomic E-state index is 0.0731. The minimum atomic E-state index is -0.388. The van der Waals surface area contributed by atoms with Crippen LogP contribution in [0, 0.1) is 19.8 Å². The van der Waals surface area contributed by atoms with Crippen LogP contribution in [0.2, 0.25) is 0 Å². The fourth-order valence-electron chi connectivity index (χ4n) is 3.23. The van der Waals surface area contributed by atoms with Crippen molar-refractivity contribution in [3.8, 4) is 5.69 Å². The number of β-amino-alcohol motifs (C(OH)–C–C–N with tert-alkyl or cyclic N) is 1. The van der Waals surface area contributed by atoms with Crippen molar-refractivity contribution < 1.29 is 9.90 Å². The number of aliphatic hydroxyl groups excluding tert-OH is 1. The van der Waals surface area contributed by atoms with Crippen LogP contribution in [0.3, 0.4) is 0 Å². The van der Waals surface area contributed by atoms with Crippen LogP contribution in [0.25, 0.3) is 5.69 Å². The van der Waals surface area contributed by atoms with E-state index in [4.69, 9.17) is 0 Å². The zero-order valence-electron chi connectivity index (χ0n) is 13.8. The summed E-state index contributed by atoms with van der Waals surface area (Å²) in [5.41, 5.74) is 3.64. The molecule has 1 aliphatic rings. The highest BCUT2D eigenvalue weighted by molar-refractivity contribution is 9.10. The number of hydrogen-bond acceptors (Lipinski definition) is 3. The molecule has 24 heavy (non-hydrogen) atoms. The van der Waals surface area contributed by atoms with Gasteiger partial charge in [-0.25, -0.2) is 0 Å². The Balaban J connectivity index is 1.78. The number of nitrogens with zero attached hydrogens (tertiary/aromatic N) is 1. The largest absolute Gasteiger partial charge is 0.391 e. The third-order valence-corrected chi connectivity index (χ3v) is 5.12. The Morgan fingerprint density at radius 2 is 2.04 bits per heavy atom. The maximum absolute atomic E-state index is 12.5. The molecule has 3 N–H and O–H groups in total. The van der Waals surface area contributed by atoms with Gasteiger partial charge in [0.15, 0.2) is 0 Å². The van der Waals surface area contributed by atoms with Crippen LogP contribution in [0.1, 0.15) is 21.7 Å². The lowest BCUT2D eigenvalue weighted by molar-refractivity contribution is 0.0926. The van der Waals surface area contributed by atoms with Crippen molar-refractivity contribution in [3.05, 3.63) is 51.8 Å². The molecular formula is C18H22BrN3O2. The van der Waals surface area contributed by atoms with Gasteiger partial charge in [0, 0.05) is 47.1 Å². The minimum Gasteiger partial charge on any atom is -0.391 e. The first kappa shape index (κ1) is 17.2. The SMILES string of the molecule is Cc1cc(C(=O)NCC2CNCC2O)c(C)n1-c1ccc(Br)cc1. The van der Waals surface area contributed by atoms with E-state index in [9.17, 15) is 9.90 Å². The molecule has 0 bridgehead atoms. The Labute approximate surface area is 150 Å². The zero-order valence-corrected chi connectivity index (χ0v) is 15.4. The van der Waals surface area contributed by atoms with Gasteiger partial charge in [0.25, 0.3) is 5.91 Å². The molecule has 128 valence electrons. The normalized spacial score (nSPS) is 20.3. The molecule has 0 aliphatic carbocycles. The Hall–Kier alpha value is -1.63. The average Bonchev–Trinajstić information content (AvgIpc) is 3.09. The molecule has 2 unspecified atom stereocenters. The summed E-state index contributed by atoms with van der Waals surface area (Å²) in [6.45, 7) is 5.76. The number of carbonyl (C=O) groups is 1. The molecule has 1 amide bonds. The molecule has 1 saturated heterocycles. The number of aliphatic hydroxyl groups is 1. The summed E-state index contributed by atoms with van der Waals surface area (Å²) in [5, 5.41) is 15.9. The average molecular weight is 392 g/mol. The van der Waals surface area contributed by atoms with E-state index in [1.165, 1.54) is 0 Å². The van der Waals surface area contributed by atoms with Crippen molar-refractivity contribution in [1.82, 2.24) is 15.2 Å². The first-order valence-electron chi connectivity index (χ1n) is 8.09. The maximum atomic E-state index is 12.5. The number of benzene rings is 1. The van der Waals surface area contributed by atoms with Crippen LogP contribution >= 0.6 is 15.9 Å². The summed E-state index contributed by atoms with van der Waals surface area (Å²) < 4.78 is 3.10. The molecule has 3 rings (SSSR count). The summed E-state index contributed by atoms with van der Waals surface area (Å²) in [4.78, 5) is 12.5. The van der Waals surface area contributed by atoms with Crippen LogP contribution in [0.15, 0.2) is 34.8 Å². The first-order chi connectivity index (χ1) is 11.5. The van der Waals surface area contributed by atoms with Gasteiger partial charge in [-0.05, 0) is 44.2 Å². The second-order valence-corrected chi connectivity index (χ2v) is 7.21. The molecule has 1 aromatic heterocycles. The van der Waals surface area contributed by atoms with Crippen LogP contribution in [0.5, 0.6) is 0 Å². The predicted octanol–water partition coefficient (Wildman–Crippen LogP) is 2.17. The second-order valence-electron chi connectivity index (χ2n) is 6.29. The summed E-state index contributed by atoms with van der Waals surface area (Å²) in [7, 11) is 0. The molecule has 6 heteroatoms. The number of amides is 1. The summed E-state index contributed by atoms with van der Waals surface area (Å²) in [5.74, 6) is -0.0190. The maximum Gasteiger partial charge on any atom is 0.253 e. The highest BCUT2D eigenvalue weighted by Gasteiger charge is 2.26. The van der Waals surface area contributed by atoms with E-state index in [1.807, 2.05) is 44.2 Å². The Morgan fingerprint density at radius 3 is 2.67 bits per heavy atom. The van der Waals surface area contributed by atoms with Crippen LogP contribution in [0.4, 0.5) is 0 Å². The number of hydrogen-bond donors (Lipinski definition) is 3. The van der Waals surface area contributed by atoms with Gasteiger partial charge in [-0.1, -0.05) is 15.9 Å². The van der Waals surface area contributed by atoms with Crippen molar-refractivity contribution in [3.63, 3.8) is 0 Å². The summed E-state index contributed by atoms with van der Waals surface area (Å²) >= 11 is 3.44. The third kappa shape index (κ3) is 3.41. The topological polar surface area (TPSA) is 66.3 Å². The Morgan fingerprint density at radius 1 is 1.33 bits per heavy atom. The lowest BCUT2D eigenvalue weighted by Crippen LogP contribution is -2.34. The van der Waals surface area contributed by atoms with Crippen molar-refractivity contribution >= 4 is 21.8 Å². The number of carbonyl (C=O) groups excluding carboxylic acids is 1. The van der Waals surface area contributed by atoms with Crippen molar-refractivity contribution in [2.75, 3.05) is 19.6 Å². The molecule has 2 heterocycles. The van der Waals surface area contributed by atoms with E-state index in [1.54, 1.807) is 0 Å². The van der Waals surface area contributed by atoms with Crippen LogP contribution < -0.4 is 10.6 Å². The molecule has 2 atom stereocenters. The van der Waals surface area contributed by atoms with Gasteiger partial charge in [0.2, 0.25) is 0 Å². The van der Waals surface area contributed by atoms with Gasteiger partial charge in [0.05, 0.1) is 11.7 Å². The second kappa shape index (κ2) is 7.09. The number of nitrogens with one attached hydrogen (secondary N) is 2. The molecule has 2 aromatic rings. The fraction of sp³-hybridized carbons (Fsp3) is 0.389. The van der Waals surface area contributed by atoms with Gasteiger partial charge >= 0.3 is 0 Å². The van der Waals surface area contributed by atoms with E-state index in [0.717, 1.165) is 28.1 Å². The van der Waals surface area contributed by atoms with Crippen LogP contribution in [-0.2, 0) is 0 Å². The van der Waals surface area contributed by atoms with Gasteiger partial charge in [-0.3, -0.25) is 4.79 Å². The highest BCUT2D eigenvalue weighted by Crippen LogP contribution is 2.22. The van der Waals surface area contributed by atoms with Crippen molar-refractivity contribution in [2.45, 2.75) is 20.0 Å². The zero-order chi connectivity index (χ0) is 17.3. The summed E-state index contributed by atoms with van der Waals surface area (Å²) in [6, 6.07) is 9.93. The number of halogens is 1. The molecule has 1 aliphatic heterocycles. The van der Waals surface area contributed by atoms with E-state index >= 15 is 0 Å². The van der Waals surface area contributed by atoms with Gasteiger partial charge < -0.3 is 20.3 Å². The molecule has 1 fully saturated rings. The van der Waals surface area contributed by atoms with E-state index in [2.05, 4.69) is 31.1 Å². The first-order valence-corrected chi connectivity index (χ1v) is 8.88. The van der Waals surface area contributed by atoms with E-state index in [0.29, 0.717) is 18.7 Å². The Kier molecular flexibility index (Phi) is 5.08. The van der Waals surface area contributed by atoms with Crippen LogP contribution in [-0.4, -0.2) is 41.3 Å². The predicted molar refractivity (Wildman–Crippen MR) is 97.6 cm³/mol. The molecule has 1 aromatic carbocycles. The van der Waals surface area contributed by atoms with Crippen molar-refractivity contribution in [1.29, 1.82) is 0 Å². The van der Waals surface area contributed by atoms with Gasteiger partial charge in [-0.15, -0.1) is 0 Å². The molecule has 0 spiro atoms. The quantitative estimate of drug-likeness (QED) is 0.747. The van der Waals surface area contributed by atoms with Gasteiger partial charge in [0.1, 0.15) is 0 Å². The molecule has 0 saturated carbocycles. The third-order valence-electron chi connectivity index (χ3n) is 4.59. The smallest absolute Gasteiger partial charge is 0.253 e. The molecular weight excluding hydrogens is 370 g/mol. The molecule has 5 nitrogen and oxygen atoms in total. The lowest BCUT2D eigenvalue weighted by Gasteiger charge is -2.14.